The van der Waals surface area contributed by atoms with E-state index in [1.54, 1.807) is 24.4 Å². The molecule has 0 saturated heterocycles. The van der Waals surface area contributed by atoms with E-state index in [1.807, 2.05) is 13.0 Å². The van der Waals surface area contributed by atoms with Gasteiger partial charge in [-0.3, -0.25) is 5.43 Å². The van der Waals surface area contributed by atoms with Gasteiger partial charge in [0, 0.05) is 0 Å². The van der Waals surface area contributed by atoms with Crippen LogP contribution in [0.2, 0.25) is 0 Å². The minimum Gasteiger partial charge on any atom is -0.490 e. The third-order valence-electron chi connectivity index (χ3n) is 1.95. The van der Waals surface area contributed by atoms with Gasteiger partial charge in [0.1, 0.15) is 6.07 Å². The quantitative estimate of drug-likeness (QED) is 0.461. The standard InChI is InChI=1S/C12H14N4O2S/c1-2-17-11-7-9(8-15-16-12(14)19)3-4-10(11)18-6-5-13/h3-4,7-8H,2,6H2,1H3,(H3,14,16,19)/b15-8+. The lowest BCUT2D eigenvalue weighted by atomic mass is 10.2. The van der Waals surface area contributed by atoms with Crippen molar-refractivity contribution in [2.45, 2.75) is 6.92 Å². The molecule has 0 atom stereocenters. The molecule has 19 heavy (non-hydrogen) atoms. The van der Waals surface area contributed by atoms with Gasteiger partial charge in [-0.15, -0.1) is 0 Å². The predicted molar refractivity (Wildman–Crippen MR) is 76.2 cm³/mol. The largest absolute Gasteiger partial charge is 0.490 e. The van der Waals surface area contributed by atoms with E-state index in [1.165, 1.54) is 0 Å². The lowest BCUT2D eigenvalue weighted by molar-refractivity contribution is 0.298. The van der Waals surface area contributed by atoms with Crippen molar-refractivity contribution in [3.05, 3.63) is 23.8 Å². The summed E-state index contributed by atoms with van der Waals surface area (Å²) < 4.78 is 10.7. The van der Waals surface area contributed by atoms with Gasteiger partial charge < -0.3 is 15.2 Å². The number of hydrazone groups is 1. The topological polar surface area (TPSA) is 92.7 Å². The van der Waals surface area contributed by atoms with Gasteiger partial charge in [0.15, 0.2) is 23.2 Å². The number of rotatable bonds is 6. The first kappa shape index (κ1) is 14.7. The number of nitrogens with one attached hydrogen (secondary N) is 1. The van der Waals surface area contributed by atoms with Crippen LogP contribution in [0.1, 0.15) is 12.5 Å². The van der Waals surface area contributed by atoms with Crippen LogP contribution in [0.4, 0.5) is 0 Å². The molecule has 0 unspecified atom stereocenters. The smallest absolute Gasteiger partial charge is 0.184 e. The second-order valence-electron chi connectivity index (χ2n) is 3.32. The van der Waals surface area contributed by atoms with Gasteiger partial charge in [0.2, 0.25) is 0 Å². The number of ether oxygens (including phenoxy) is 2. The summed E-state index contributed by atoms with van der Waals surface area (Å²) in [4.78, 5) is 0. The maximum Gasteiger partial charge on any atom is 0.184 e. The Balaban J connectivity index is 2.85. The van der Waals surface area contributed by atoms with Gasteiger partial charge >= 0.3 is 0 Å². The predicted octanol–water partition coefficient (Wildman–Crippen LogP) is 1.15. The molecule has 1 aromatic rings. The maximum atomic E-state index is 8.50. The number of thiocarbonyl (C=S) groups is 1. The van der Waals surface area contributed by atoms with Crippen molar-refractivity contribution < 1.29 is 9.47 Å². The normalized spacial score (nSPS) is 9.89. The van der Waals surface area contributed by atoms with E-state index >= 15 is 0 Å². The molecule has 0 aromatic heterocycles. The summed E-state index contributed by atoms with van der Waals surface area (Å²) in [5, 5.41) is 12.4. The molecule has 0 fully saturated rings. The number of hydrogen-bond acceptors (Lipinski definition) is 5. The Morgan fingerprint density at radius 2 is 2.32 bits per heavy atom. The first-order valence-corrected chi connectivity index (χ1v) is 5.93. The molecule has 0 spiro atoms. The van der Waals surface area contributed by atoms with Gasteiger partial charge in [-0.05, 0) is 42.9 Å². The van der Waals surface area contributed by atoms with Crippen LogP contribution >= 0.6 is 12.2 Å². The molecule has 1 aromatic carbocycles. The molecular weight excluding hydrogens is 264 g/mol. The van der Waals surface area contributed by atoms with Crippen molar-refractivity contribution in [1.82, 2.24) is 5.43 Å². The van der Waals surface area contributed by atoms with Gasteiger partial charge in [-0.25, -0.2) is 0 Å². The Labute approximate surface area is 116 Å². The fraction of sp³-hybridized carbons (Fsp3) is 0.250. The summed E-state index contributed by atoms with van der Waals surface area (Å²) >= 11 is 4.62. The van der Waals surface area contributed by atoms with Crippen LogP contribution in [-0.2, 0) is 0 Å². The number of nitriles is 1. The van der Waals surface area contributed by atoms with Gasteiger partial charge in [0.25, 0.3) is 0 Å². The third kappa shape index (κ3) is 5.23. The first-order valence-electron chi connectivity index (χ1n) is 5.52. The average Bonchev–Trinajstić information content (AvgIpc) is 2.38. The van der Waals surface area contributed by atoms with Crippen molar-refractivity contribution in [2.24, 2.45) is 10.8 Å². The zero-order valence-electron chi connectivity index (χ0n) is 10.4. The Bertz CT molecular complexity index is 511. The summed E-state index contributed by atoms with van der Waals surface area (Å²) in [6, 6.07) is 7.15. The van der Waals surface area contributed by atoms with Crippen LogP contribution < -0.4 is 20.6 Å². The van der Waals surface area contributed by atoms with E-state index in [4.69, 9.17) is 20.5 Å². The number of nitrogens with two attached hydrogens (primary N) is 1. The van der Waals surface area contributed by atoms with Crippen molar-refractivity contribution in [3.63, 3.8) is 0 Å². The highest BCUT2D eigenvalue weighted by molar-refractivity contribution is 7.80. The molecule has 0 amide bonds. The molecule has 7 heteroatoms. The highest BCUT2D eigenvalue weighted by atomic mass is 32.1. The first-order chi connectivity index (χ1) is 9.17. The number of nitrogens with zero attached hydrogens (tertiary/aromatic N) is 2. The Morgan fingerprint density at radius 3 is 2.95 bits per heavy atom. The highest BCUT2D eigenvalue weighted by Crippen LogP contribution is 2.27. The maximum absolute atomic E-state index is 8.50. The molecule has 0 saturated carbocycles. The zero-order chi connectivity index (χ0) is 14.1. The molecule has 100 valence electrons. The summed E-state index contributed by atoms with van der Waals surface area (Å²) in [7, 11) is 0. The van der Waals surface area contributed by atoms with Crippen molar-refractivity contribution in [3.8, 4) is 17.6 Å². The molecule has 0 bridgehead atoms. The molecular formula is C12H14N4O2S. The number of hydrogen-bond donors (Lipinski definition) is 2. The molecule has 0 aliphatic carbocycles. The molecule has 1 rings (SSSR count). The van der Waals surface area contributed by atoms with Crippen molar-refractivity contribution in [1.29, 1.82) is 5.26 Å². The minimum absolute atomic E-state index is 0.0312. The number of benzene rings is 1. The fourth-order valence-electron chi connectivity index (χ4n) is 1.27. The van der Waals surface area contributed by atoms with Gasteiger partial charge in [-0.2, -0.15) is 10.4 Å². The van der Waals surface area contributed by atoms with Gasteiger partial charge in [-0.1, -0.05) is 0 Å². The Hall–Kier alpha value is -2.33. The van der Waals surface area contributed by atoms with Crippen molar-refractivity contribution in [2.75, 3.05) is 13.2 Å². The third-order valence-corrected chi connectivity index (χ3v) is 2.04. The second-order valence-corrected chi connectivity index (χ2v) is 3.76. The summed E-state index contributed by atoms with van der Waals surface area (Å²) in [5.41, 5.74) is 8.49. The van der Waals surface area contributed by atoms with E-state index in [0.29, 0.717) is 18.1 Å². The Kier molecular flexibility index (Phi) is 6.12. The molecule has 0 aliphatic rings. The second kappa shape index (κ2) is 7.89. The van der Waals surface area contributed by atoms with Gasteiger partial charge in [0.05, 0.1) is 12.8 Å². The molecule has 0 radical (unpaired) electrons. The summed E-state index contributed by atoms with van der Waals surface area (Å²) in [6.45, 7) is 2.33. The van der Waals surface area contributed by atoms with Crippen molar-refractivity contribution >= 4 is 23.5 Å². The van der Waals surface area contributed by atoms with Crippen LogP contribution in [0.25, 0.3) is 0 Å². The van der Waals surface area contributed by atoms with E-state index < -0.39 is 0 Å². The van der Waals surface area contributed by atoms with E-state index in [-0.39, 0.29) is 11.7 Å². The molecule has 0 heterocycles. The Morgan fingerprint density at radius 1 is 1.53 bits per heavy atom. The SMILES string of the molecule is CCOc1cc(/C=N/NC(N)=S)ccc1OCC#N. The average molecular weight is 278 g/mol. The summed E-state index contributed by atoms with van der Waals surface area (Å²) in [6.07, 6.45) is 1.55. The minimum atomic E-state index is -0.0312. The van der Waals surface area contributed by atoms with E-state index in [2.05, 4.69) is 22.7 Å². The zero-order valence-corrected chi connectivity index (χ0v) is 11.2. The fourth-order valence-corrected chi connectivity index (χ4v) is 1.33. The molecule has 6 nitrogen and oxygen atoms in total. The highest BCUT2D eigenvalue weighted by Gasteiger charge is 2.05. The van der Waals surface area contributed by atoms with Crippen LogP contribution in [0.5, 0.6) is 11.5 Å². The monoisotopic (exact) mass is 278 g/mol. The molecule has 3 N–H and O–H groups in total. The van der Waals surface area contributed by atoms with E-state index in [0.717, 1.165) is 5.56 Å². The summed E-state index contributed by atoms with van der Waals surface area (Å²) in [5.74, 6) is 1.07. The van der Waals surface area contributed by atoms with Crippen LogP contribution in [0.15, 0.2) is 23.3 Å². The lowest BCUT2D eigenvalue weighted by Gasteiger charge is -2.10. The van der Waals surface area contributed by atoms with Crippen LogP contribution in [0.3, 0.4) is 0 Å². The van der Waals surface area contributed by atoms with E-state index in [9.17, 15) is 0 Å². The molecule has 0 aliphatic heterocycles. The van der Waals surface area contributed by atoms with Crippen LogP contribution in [-0.4, -0.2) is 24.5 Å². The lowest BCUT2D eigenvalue weighted by Crippen LogP contribution is -2.23. The van der Waals surface area contributed by atoms with Crippen LogP contribution in [0, 0.1) is 11.3 Å².